The smallest absolute Gasteiger partial charge is 0.337 e. The van der Waals surface area contributed by atoms with Crippen LogP contribution in [0, 0.1) is 0 Å². The topological polar surface area (TPSA) is 54.4 Å². The summed E-state index contributed by atoms with van der Waals surface area (Å²) in [5, 5.41) is 7.92. The Labute approximate surface area is 83.9 Å². The second-order valence-electron chi connectivity index (χ2n) is 2.27. The van der Waals surface area contributed by atoms with Gasteiger partial charge in [0.05, 0.1) is 10.6 Å². The summed E-state index contributed by atoms with van der Waals surface area (Å²) < 4.78 is 0. The highest BCUT2D eigenvalue weighted by atomic mass is 35.5. The molecule has 0 unspecified atom stereocenters. The highest BCUT2D eigenvalue weighted by molar-refractivity contribution is 6.67. The van der Waals surface area contributed by atoms with Gasteiger partial charge in [0.1, 0.15) is 0 Å². The highest BCUT2D eigenvalue weighted by Gasteiger charge is 2.10. The summed E-state index contributed by atoms with van der Waals surface area (Å²) in [5.41, 5.74) is 0.125. The van der Waals surface area contributed by atoms with E-state index in [1.54, 1.807) is 0 Å². The first-order valence-corrected chi connectivity index (χ1v) is 4.00. The minimum Gasteiger partial charge on any atom is -0.478 e. The number of carboxylic acids is 1. The van der Waals surface area contributed by atoms with Crippen LogP contribution in [0.25, 0.3) is 0 Å². The van der Waals surface area contributed by atoms with E-state index in [2.05, 4.69) is 0 Å². The maximum atomic E-state index is 10.6. The lowest BCUT2D eigenvalue weighted by Crippen LogP contribution is -1.99. The van der Waals surface area contributed by atoms with E-state index in [0.717, 1.165) is 0 Å². The molecule has 0 spiro atoms. The van der Waals surface area contributed by atoms with Gasteiger partial charge in [0.25, 0.3) is 5.24 Å². The van der Waals surface area contributed by atoms with Gasteiger partial charge >= 0.3 is 5.97 Å². The van der Waals surface area contributed by atoms with Gasteiger partial charge in [0.2, 0.25) is 0 Å². The molecular weight excluding hydrogens is 215 g/mol. The molecule has 0 aliphatic heterocycles. The maximum absolute atomic E-state index is 10.6. The lowest BCUT2D eigenvalue weighted by Gasteiger charge is -1.99. The number of rotatable bonds is 2. The van der Waals surface area contributed by atoms with E-state index in [4.69, 9.17) is 28.3 Å². The predicted octanol–water partition coefficient (Wildman–Crippen LogP) is 2.42. The summed E-state index contributed by atoms with van der Waals surface area (Å²) in [5.74, 6) is -1.14. The third-order valence-corrected chi connectivity index (χ3v) is 1.96. The van der Waals surface area contributed by atoms with Gasteiger partial charge in [0.15, 0.2) is 0 Å². The van der Waals surface area contributed by atoms with Gasteiger partial charge in [-0.3, -0.25) is 4.79 Å². The van der Waals surface area contributed by atoms with Crippen molar-refractivity contribution in [3.05, 3.63) is 34.3 Å². The number of benzene rings is 1. The molecule has 0 bridgehead atoms. The first-order valence-electron chi connectivity index (χ1n) is 3.25. The molecule has 0 aliphatic carbocycles. The Morgan fingerprint density at radius 2 is 1.92 bits per heavy atom. The lowest BCUT2D eigenvalue weighted by atomic mass is 10.1. The van der Waals surface area contributed by atoms with Crippen LogP contribution in [0.5, 0.6) is 0 Å². The van der Waals surface area contributed by atoms with Gasteiger partial charge in [-0.15, -0.1) is 0 Å². The van der Waals surface area contributed by atoms with Crippen LogP contribution in [0.3, 0.4) is 0 Å². The van der Waals surface area contributed by atoms with Gasteiger partial charge in [0, 0.05) is 5.56 Å². The Morgan fingerprint density at radius 3 is 2.31 bits per heavy atom. The van der Waals surface area contributed by atoms with E-state index in [9.17, 15) is 9.59 Å². The molecular formula is C8H4Cl2O3. The van der Waals surface area contributed by atoms with Crippen LogP contribution in [-0.2, 0) is 0 Å². The zero-order chi connectivity index (χ0) is 10.0. The molecule has 0 aliphatic rings. The Bertz CT molecular complexity index is 374. The zero-order valence-electron chi connectivity index (χ0n) is 6.25. The summed E-state index contributed by atoms with van der Waals surface area (Å²) in [7, 11) is 0. The van der Waals surface area contributed by atoms with Crippen molar-refractivity contribution in [2.45, 2.75) is 0 Å². The summed E-state index contributed by atoms with van der Waals surface area (Å²) >= 11 is 10.7. The molecule has 0 saturated heterocycles. The number of carbonyl (C=O) groups is 2. The van der Waals surface area contributed by atoms with Crippen LogP contribution in [0.1, 0.15) is 20.7 Å². The third kappa shape index (κ3) is 2.20. The molecule has 13 heavy (non-hydrogen) atoms. The molecule has 3 nitrogen and oxygen atoms in total. The van der Waals surface area contributed by atoms with Crippen molar-refractivity contribution in [3.8, 4) is 0 Å². The normalized spacial score (nSPS) is 9.69. The average molecular weight is 219 g/mol. The first kappa shape index (κ1) is 10.0. The lowest BCUT2D eigenvalue weighted by molar-refractivity contribution is 0.0696. The fourth-order valence-electron chi connectivity index (χ4n) is 0.811. The van der Waals surface area contributed by atoms with Crippen LogP contribution < -0.4 is 0 Å². The highest BCUT2D eigenvalue weighted by Crippen LogP contribution is 2.18. The standard InChI is InChI=1S/C8H4Cl2O3/c9-6-3-4(7(10)11)1-2-5(6)8(12)13/h1-3H,(H,12,13). The quantitative estimate of drug-likeness (QED) is 0.777. The molecule has 1 aromatic carbocycles. The minimum absolute atomic E-state index is 0.000926. The number of hydrogen-bond acceptors (Lipinski definition) is 2. The van der Waals surface area contributed by atoms with E-state index in [1.165, 1.54) is 18.2 Å². The van der Waals surface area contributed by atoms with Crippen molar-refractivity contribution < 1.29 is 14.7 Å². The SMILES string of the molecule is O=C(Cl)c1ccc(C(=O)O)c(Cl)c1. The van der Waals surface area contributed by atoms with Gasteiger partial charge in [-0.25, -0.2) is 4.79 Å². The van der Waals surface area contributed by atoms with E-state index in [-0.39, 0.29) is 16.1 Å². The molecule has 0 atom stereocenters. The summed E-state index contributed by atoms with van der Waals surface area (Å²) in [6.07, 6.45) is 0. The molecule has 0 radical (unpaired) electrons. The molecule has 0 amide bonds. The Kier molecular flexibility index (Phi) is 2.90. The summed E-state index contributed by atoms with van der Waals surface area (Å²) in [4.78, 5) is 21.1. The number of hydrogen-bond donors (Lipinski definition) is 1. The number of halogens is 2. The number of aromatic carboxylic acids is 1. The fraction of sp³-hybridized carbons (Fsp3) is 0. The summed E-state index contributed by atoms with van der Waals surface area (Å²) in [6.45, 7) is 0. The van der Waals surface area contributed by atoms with Crippen molar-refractivity contribution in [3.63, 3.8) is 0 Å². The number of carboxylic acid groups (broad SMARTS) is 1. The fourth-order valence-corrected chi connectivity index (χ4v) is 1.19. The van der Waals surface area contributed by atoms with E-state index < -0.39 is 11.2 Å². The van der Waals surface area contributed by atoms with Gasteiger partial charge in [-0.05, 0) is 29.8 Å². The predicted molar refractivity (Wildman–Crippen MR) is 48.6 cm³/mol. The van der Waals surface area contributed by atoms with Gasteiger partial charge < -0.3 is 5.11 Å². The van der Waals surface area contributed by atoms with Gasteiger partial charge in [-0.2, -0.15) is 0 Å². The molecule has 5 heteroatoms. The molecule has 1 N–H and O–H groups in total. The van der Waals surface area contributed by atoms with Crippen LogP contribution in [-0.4, -0.2) is 16.3 Å². The van der Waals surface area contributed by atoms with Crippen LogP contribution in [0.4, 0.5) is 0 Å². The Balaban J connectivity index is 3.20. The molecule has 0 saturated carbocycles. The first-order chi connectivity index (χ1) is 6.02. The second-order valence-corrected chi connectivity index (χ2v) is 3.02. The zero-order valence-corrected chi connectivity index (χ0v) is 7.76. The maximum Gasteiger partial charge on any atom is 0.337 e. The molecule has 68 valence electrons. The van der Waals surface area contributed by atoms with Crippen molar-refractivity contribution >= 4 is 34.4 Å². The van der Waals surface area contributed by atoms with E-state index in [1.807, 2.05) is 0 Å². The van der Waals surface area contributed by atoms with Crippen molar-refractivity contribution in [2.24, 2.45) is 0 Å². The summed E-state index contributed by atoms with van der Waals surface area (Å²) in [6, 6.07) is 3.77. The van der Waals surface area contributed by atoms with Crippen molar-refractivity contribution in [2.75, 3.05) is 0 Å². The molecule has 0 fully saturated rings. The Morgan fingerprint density at radius 1 is 1.31 bits per heavy atom. The third-order valence-electron chi connectivity index (χ3n) is 1.43. The molecule has 1 rings (SSSR count). The van der Waals surface area contributed by atoms with Crippen molar-refractivity contribution in [1.29, 1.82) is 0 Å². The van der Waals surface area contributed by atoms with Gasteiger partial charge in [-0.1, -0.05) is 11.6 Å². The van der Waals surface area contributed by atoms with Crippen LogP contribution >= 0.6 is 23.2 Å². The second kappa shape index (κ2) is 3.77. The monoisotopic (exact) mass is 218 g/mol. The van der Waals surface area contributed by atoms with Crippen LogP contribution in [0.2, 0.25) is 5.02 Å². The van der Waals surface area contributed by atoms with E-state index in [0.29, 0.717) is 0 Å². The van der Waals surface area contributed by atoms with E-state index >= 15 is 0 Å². The molecule has 0 aromatic heterocycles. The largest absolute Gasteiger partial charge is 0.478 e. The molecule has 1 aromatic rings. The minimum atomic E-state index is -1.14. The molecule has 0 heterocycles. The number of carbonyl (C=O) groups excluding carboxylic acids is 1. The van der Waals surface area contributed by atoms with Crippen LogP contribution in [0.15, 0.2) is 18.2 Å². The average Bonchev–Trinajstić information content (AvgIpc) is 2.03. The van der Waals surface area contributed by atoms with Crippen molar-refractivity contribution in [1.82, 2.24) is 0 Å². The Hall–Kier alpha value is -1.06.